The number of para-hydroxylation sites is 1. The van der Waals surface area contributed by atoms with Gasteiger partial charge in [0.25, 0.3) is 5.91 Å². The number of anilines is 1. The average molecular weight is 434 g/mol. The van der Waals surface area contributed by atoms with Crippen LogP contribution in [0.5, 0.6) is 5.75 Å². The monoisotopic (exact) mass is 433 g/mol. The maximum absolute atomic E-state index is 13.2. The van der Waals surface area contributed by atoms with E-state index in [0.717, 1.165) is 30.1 Å². The number of fused-ring (bicyclic) bond motifs is 1. The molecule has 166 valence electrons. The van der Waals surface area contributed by atoms with Crippen LogP contribution in [0.2, 0.25) is 0 Å². The molecule has 0 radical (unpaired) electrons. The molecule has 1 aromatic heterocycles. The molecule has 1 fully saturated rings. The molecule has 1 atom stereocenters. The third kappa shape index (κ3) is 3.82. The van der Waals surface area contributed by atoms with E-state index >= 15 is 0 Å². The summed E-state index contributed by atoms with van der Waals surface area (Å²) in [6.45, 7) is 5.89. The number of methoxy groups -OCH3 is 1. The second kappa shape index (κ2) is 8.63. The van der Waals surface area contributed by atoms with Crippen molar-refractivity contribution in [2.24, 2.45) is 0 Å². The van der Waals surface area contributed by atoms with E-state index in [1.807, 2.05) is 29.2 Å². The molecule has 5 rings (SSSR count). The van der Waals surface area contributed by atoms with E-state index in [1.54, 1.807) is 11.8 Å². The highest BCUT2D eigenvalue weighted by Gasteiger charge is 2.31. The molecule has 0 bridgehead atoms. The Hall–Kier alpha value is -3.39. The van der Waals surface area contributed by atoms with E-state index in [-0.39, 0.29) is 12.0 Å². The molecule has 0 N–H and O–H groups in total. The zero-order chi connectivity index (χ0) is 22.1. The fourth-order valence-corrected chi connectivity index (χ4v) is 4.42. The molecule has 8 nitrogen and oxygen atoms in total. The van der Waals surface area contributed by atoms with Crippen LogP contribution in [0, 0.1) is 6.92 Å². The molecular weight excluding hydrogens is 406 g/mol. The second-order valence-corrected chi connectivity index (χ2v) is 8.21. The van der Waals surface area contributed by atoms with Crippen LogP contribution in [0.25, 0.3) is 0 Å². The van der Waals surface area contributed by atoms with Crippen LogP contribution in [0.3, 0.4) is 0 Å². The molecule has 1 amide bonds. The van der Waals surface area contributed by atoms with Gasteiger partial charge in [-0.25, -0.2) is 4.68 Å². The quantitative estimate of drug-likeness (QED) is 0.630. The minimum Gasteiger partial charge on any atom is -0.497 e. The van der Waals surface area contributed by atoms with Crippen LogP contribution in [-0.2, 0) is 17.9 Å². The molecule has 2 aliphatic heterocycles. The summed E-state index contributed by atoms with van der Waals surface area (Å²) in [5.74, 6) is 0.739. The lowest BCUT2D eigenvalue weighted by Gasteiger charge is -2.36. The largest absolute Gasteiger partial charge is 0.497 e. The minimum absolute atomic E-state index is 0.0674. The Morgan fingerprint density at radius 3 is 2.53 bits per heavy atom. The molecule has 0 spiro atoms. The van der Waals surface area contributed by atoms with Gasteiger partial charge in [0, 0.05) is 31.9 Å². The van der Waals surface area contributed by atoms with Gasteiger partial charge < -0.3 is 19.3 Å². The van der Waals surface area contributed by atoms with E-state index in [2.05, 4.69) is 46.4 Å². The third-order valence-corrected chi connectivity index (χ3v) is 6.31. The summed E-state index contributed by atoms with van der Waals surface area (Å²) in [6.07, 6.45) is -0.129. The molecule has 1 saturated heterocycles. The molecule has 0 aliphatic carbocycles. The van der Waals surface area contributed by atoms with E-state index in [9.17, 15) is 4.79 Å². The van der Waals surface area contributed by atoms with Crippen molar-refractivity contribution >= 4 is 11.6 Å². The summed E-state index contributed by atoms with van der Waals surface area (Å²) in [5.41, 5.74) is 4.69. The molecular formula is C24H27N5O3. The summed E-state index contributed by atoms with van der Waals surface area (Å²) in [5, 5.41) is 8.49. The number of aryl methyl sites for hydroxylation is 1. The Labute approximate surface area is 187 Å². The number of carbonyl (C=O) groups excluding carboxylic acids is 1. The molecule has 2 aromatic carbocycles. The SMILES string of the molecule is COc1ccc([C@@H]2Cn3nnc(C(=O)N4CCN(c5ccccc5C)CC4)c3CO2)cc1. The lowest BCUT2D eigenvalue weighted by molar-refractivity contribution is -0.00198. The van der Waals surface area contributed by atoms with Gasteiger partial charge >= 0.3 is 0 Å². The predicted molar refractivity (Wildman–Crippen MR) is 120 cm³/mol. The van der Waals surface area contributed by atoms with Gasteiger partial charge in [-0.2, -0.15) is 0 Å². The fraction of sp³-hybridized carbons (Fsp3) is 0.375. The first-order valence-corrected chi connectivity index (χ1v) is 10.9. The Balaban J connectivity index is 1.25. The summed E-state index contributed by atoms with van der Waals surface area (Å²) >= 11 is 0. The Bertz CT molecular complexity index is 1100. The van der Waals surface area contributed by atoms with Gasteiger partial charge in [-0.05, 0) is 36.2 Å². The van der Waals surface area contributed by atoms with Crippen molar-refractivity contribution in [1.29, 1.82) is 0 Å². The van der Waals surface area contributed by atoms with E-state index in [0.29, 0.717) is 31.9 Å². The number of benzene rings is 2. The Kier molecular flexibility index (Phi) is 5.53. The van der Waals surface area contributed by atoms with Gasteiger partial charge in [0.2, 0.25) is 0 Å². The molecule has 3 heterocycles. The van der Waals surface area contributed by atoms with Crippen LogP contribution >= 0.6 is 0 Å². The smallest absolute Gasteiger partial charge is 0.276 e. The third-order valence-electron chi connectivity index (χ3n) is 6.31. The zero-order valence-electron chi connectivity index (χ0n) is 18.4. The predicted octanol–water partition coefficient (Wildman–Crippen LogP) is 2.83. The zero-order valence-corrected chi connectivity index (χ0v) is 18.4. The molecule has 0 unspecified atom stereocenters. The summed E-state index contributed by atoms with van der Waals surface area (Å²) in [7, 11) is 1.65. The number of amides is 1. The van der Waals surface area contributed by atoms with E-state index in [1.165, 1.54) is 11.3 Å². The van der Waals surface area contributed by atoms with Crippen molar-refractivity contribution in [3.05, 3.63) is 71.0 Å². The highest BCUT2D eigenvalue weighted by molar-refractivity contribution is 5.93. The fourth-order valence-electron chi connectivity index (χ4n) is 4.42. The van der Waals surface area contributed by atoms with Crippen molar-refractivity contribution < 1.29 is 14.3 Å². The molecule has 32 heavy (non-hydrogen) atoms. The molecule has 3 aromatic rings. The van der Waals surface area contributed by atoms with Gasteiger partial charge in [-0.1, -0.05) is 35.5 Å². The second-order valence-electron chi connectivity index (χ2n) is 8.21. The van der Waals surface area contributed by atoms with E-state index < -0.39 is 0 Å². The van der Waals surface area contributed by atoms with Crippen LogP contribution < -0.4 is 9.64 Å². The number of hydrogen-bond donors (Lipinski definition) is 0. The topological polar surface area (TPSA) is 72.7 Å². The minimum atomic E-state index is -0.129. The van der Waals surface area contributed by atoms with Crippen LogP contribution in [0.15, 0.2) is 48.5 Å². The van der Waals surface area contributed by atoms with Crippen molar-refractivity contribution in [2.75, 3.05) is 38.2 Å². The van der Waals surface area contributed by atoms with E-state index in [4.69, 9.17) is 9.47 Å². The molecule has 2 aliphatic rings. The Morgan fingerprint density at radius 1 is 1.06 bits per heavy atom. The standard InChI is InChI=1S/C24H27N5O3/c1-17-5-3-4-6-20(17)27-11-13-28(14-12-27)24(30)23-21-16-32-22(15-29(21)26-25-23)18-7-9-19(31-2)10-8-18/h3-10,22H,11-16H2,1-2H3/t22-/m0/s1. The highest BCUT2D eigenvalue weighted by atomic mass is 16.5. The van der Waals surface area contributed by atoms with Gasteiger partial charge in [0.15, 0.2) is 5.69 Å². The van der Waals surface area contributed by atoms with Crippen molar-refractivity contribution in [3.63, 3.8) is 0 Å². The number of hydrogen-bond acceptors (Lipinski definition) is 6. The summed E-state index contributed by atoms with van der Waals surface area (Å²) < 4.78 is 13.1. The normalized spacial score (nSPS) is 18.4. The number of piperazine rings is 1. The molecule has 8 heteroatoms. The van der Waals surface area contributed by atoms with Crippen LogP contribution in [0.4, 0.5) is 5.69 Å². The van der Waals surface area contributed by atoms with Crippen LogP contribution in [-0.4, -0.2) is 59.1 Å². The van der Waals surface area contributed by atoms with Crippen molar-refractivity contribution in [3.8, 4) is 5.75 Å². The first-order chi connectivity index (χ1) is 15.6. The van der Waals surface area contributed by atoms with Crippen molar-refractivity contribution in [1.82, 2.24) is 19.9 Å². The maximum Gasteiger partial charge on any atom is 0.276 e. The first-order valence-electron chi connectivity index (χ1n) is 10.9. The van der Waals surface area contributed by atoms with Crippen LogP contribution in [0.1, 0.15) is 33.4 Å². The number of carbonyl (C=O) groups is 1. The summed E-state index contributed by atoms with van der Waals surface area (Å²) in [6, 6.07) is 16.2. The van der Waals surface area contributed by atoms with Gasteiger partial charge in [0.1, 0.15) is 11.9 Å². The lowest BCUT2D eigenvalue weighted by atomic mass is 10.1. The number of aromatic nitrogens is 3. The molecule has 0 saturated carbocycles. The number of rotatable bonds is 4. The first kappa shape index (κ1) is 20.5. The average Bonchev–Trinajstić information content (AvgIpc) is 3.27. The highest BCUT2D eigenvalue weighted by Crippen LogP contribution is 2.29. The van der Waals surface area contributed by atoms with Gasteiger partial charge in [0.05, 0.1) is 26.0 Å². The Morgan fingerprint density at radius 2 is 1.81 bits per heavy atom. The van der Waals surface area contributed by atoms with Gasteiger partial charge in [-0.15, -0.1) is 5.10 Å². The maximum atomic E-state index is 13.2. The number of ether oxygens (including phenoxy) is 2. The number of nitrogens with zero attached hydrogens (tertiary/aromatic N) is 5. The lowest BCUT2D eigenvalue weighted by Crippen LogP contribution is -2.49. The van der Waals surface area contributed by atoms with Gasteiger partial charge in [-0.3, -0.25) is 4.79 Å². The van der Waals surface area contributed by atoms with Crippen molar-refractivity contribution in [2.45, 2.75) is 26.2 Å². The summed E-state index contributed by atoms with van der Waals surface area (Å²) in [4.78, 5) is 17.4.